The molecule has 1 atom stereocenters. The van der Waals surface area contributed by atoms with Gasteiger partial charge in [-0.1, -0.05) is 0 Å². The molecule has 0 aromatic carbocycles. The molecule has 0 aliphatic carbocycles. The molecular formula is C13H19N5. The molecule has 1 aliphatic heterocycles. The van der Waals surface area contributed by atoms with Gasteiger partial charge in [-0.15, -0.1) is 0 Å². The van der Waals surface area contributed by atoms with Crippen LogP contribution in [0.1, 0.15) is 35.8 Å². The second kappa shape index (κ2) is 4.57. The van der Waals surface area contributed by atoms with Crippen molar-refractivity contribution in [1.29, 1.82) is 0 Å². The van der Waals surface area contributed by atoms with Crippen molar-refractivity contribution in [2.24, 2.45) is 7.05 Å². The first-order chi connectivity index (χ1) is 8.75. The summed E-state index contributed by atoms with van der Waals surface area (Å²) in [6.07, 6.45) is 6.28. The number of hydrogen-bond donors (Lipinski definition) is 1. The molecule has 18 heavy (non-hydrogen) atoms. The number of H-pyrrole nitrogens is 1. The van der Waals surface area contributed by atoms with E-state index in [-0.39, 0.29) is 0 Å². The molecule has 1 fully saturated rings. The van der Waals surface area contributed by atoms with Gasteiger partial charge < -0.3 is 0 Å². The third-order valence-corrected chi connectivity index (χ3v) is 3.96. The van der Waals surface area contributed by atoms with E-state index in [1.54, 1.807) is 0 Å². The second-order valence-corrected chi connectivity index (χ2v) is 5.02. The molecule has 96 valence electrons. The number of aryl methyl sites for hydroxylation is 1. The van der Waals surface area contributed by atoms with Gasteiger partial charge in [0.1, 0.15) is 0 Å². The predicted molar refractivity (Wildman–Crippen MR) is 68.9 cm³/mol. The van der Waals surface area contributed by atoms with Gasteiger partial charge in [-0.05, 0) is 32.4 Å². The largest absolute Gasteiger partial charge is 0.290 e. The minimum Gasteiger partial charge on any atom is -0.290 e. The van der Waals surface area contributed by atoms with Crippen molar-refractivity contribution in [2.75, 3.05) is 6.54 Å². The van der Waals surface area contributed by atoms with Crippen molar-refractivity contribution < 1.29 is 0 Å². The van der Waals surface area contributed by atoms with E-state index in [1.165, 1.54) is 29.8 Å². The molecule has 1 N–H and O–H groups in total. The fourth-order valence-electron chi connectivity index (χ4n) is 2.74. The number of nitrogens with zero attached hydrogens (tertiary/aromatic N) is 4. The molecule has 2 aromatic heterocycles. The minimum absolute atomic E-state index is 0.479. The fraction of sp³-hybridized carbons (Fsp3) is 0.538. The molecule has 0 unspecified atom stereocenters. The van der Waals surface area contributed by atoms with Crippen molar-refractivity contribution in [3.8, 4) is 0 Å². The Kier molecular flexibility index (Phi) is 2.91. The Morgan fingerprint density at radius 3 is 3.06 bits per heavy atom. The Hall–Kier alpha value is -1.62. The maximum absolute atomic E-state index is 4.32. The normalized spacial score (nSPS) is 20.7. The van der Waals surface area contributed by atoms with Gasteiger partial charge in [0.25, 0.3) is 0 Å². The van der Waals surface area contributed by atoms with Crippen LogP contribution in [-0.4, -0.2) is 31.4 Å². The van der Waals surface area contributed by atoms with Crippen molar-refractivity contribution in [3.63, 3.8) is 0 Å². The zero-order valence-corrected chi connectivity index (χ0v) is 10.9. The molecule has 0 saturated carbocycles. The first-order valence-electron chi connectivity index (χ1n) is 6.46. The molecule has 0 bridgehead atoms. The Balaban J connectivity index is 1.78. The van der Waals surface area contributed by atoms with Gasteiger partial charge in [-0.3, -0.25) is 14.7 Å². The van der Waals surface area contributed by atoms with E-state index in [0.717, 1.165) is 13.1 Å². The van der Waals surface area contributed by atoms with Crippen molar-refractivity contribution in [1.82, 2.24) is 24.9 Å². The Morgan fingerprint density at radius 1 is 1.50 bits per heavy atom. The van der Waals surface area contributed by atoms with Gasteiger partial charge in [-0.2, -0.15) is 10.2 Å². The van der Waals surface area contributed by atoms with Gasteiger partial charge in [0.15, 0.2) is 0 Å². The monoisotopic (exact) mass is 245 g/mol. The predicted octanol–water partition coefficient (Wildman–Crippen LogP) is 1.79. The van der Waals surface area contributed by atoms with Crippen LogP contribution in [0.4, 0.5) is 0 Å². The molecule has 1 aliphatic rings. The minimum atomic E-state index is 0.479. The topological polar surface area (TPSA) is 49.7 Å². The number of rotatable bonds is 3. The number of aromatic nitrogens is 4. The van der Waals surface area contributed by atoms with Crippen LogP contribution in [0.2, 0.25) is 0 Å². The number of likely N-dealkylation sites (tertiary alicyclic amines) is 1. The fourth-order valence-corrected chi connectivity index (χ4v) is 2.74. The molecule has 5 heteroatoms. The molecule has 2 aromatic rings. The molecule has 3 heterocycles. The zero-order chi connectivity index (χ0) is 12.5. The van der Waals surface area contributed by atoms with E-state index < -0.39 is 0 Å². The van der Waals surface area contributed by atoms with Crippen LogP contribution >= 0.6 is 0 Å². The molecule has 1 saturated heterocycles. The number of nitrogens with one attached hydrogen (secondary N) is 1. The maximum Gasteiger partial charge on any atom is 0.0537 e. The highest BCUT2D eigenvalue weighted by Crippen LogP contribution is 2.32. The van der Waals surface area contributed by atoms with Crippen molar-refractivity contribution in [3.05, 3.63) is 35.4 Å². The lowest BCUT2D eigenvalue weighted by Gasteiger charge is -2.23. The quantitative estimate of drug-likeness (QED) is 0.897. The Morgan fingerprint density at radius 2 is 2.39 bits per heavy atom. The molecule has 5 nitrogen and oxygen atoms in total. The van der Waals surface area contributed by atoms with Gasteiger partial charge >= 0.3 is 0 Å². The summed E-state index contributed by atoms with van der Waals surface area (Å²) in [6.45, 7) is 4.25. The summed E-state index contributed by atoms with van der Waals surface area (Å²) in [4.78, 5) is 2.51. The number of hydrogen-bond acceptors (Lipinski definition) is 3. The average Bonchev–Trinajstić information content (AvgIpc) is 3.06. The first-order valence-corrected chi connectivity index (χ1v) is 6.46. The summed E-state index contributed by atoms with van der Waals surface area (Å²) in [5.74, 6) is 0. The summed E-state index contributed by atoms with van der Waals surface area (Å²) >= 11 is 0. The molecule has 3 rings (SSSR count). The summed E-state index contributed by atoms with van der Waals surface area (Å²) in [6, 6.07) is 2.56. The van der Waals surface area contributed by atoms with Crippen LogP contribution in [-0.2, 0) is 13.6 Å². The summed E-state index contributed by atoms with van der Waals surface area (Å²) < 4.78 is 1.94. The van der Waals surface area contributed by atoms with Crippen molar-refractivity contribution in [2.45, 2.75) is 32.4 Å². The highest BCUT2D eigenvalue weighted by atomic mass is 15.3. The van der Waals surface area contributed by atoms with Crippen LogP contribution in [0.5, 0.6) is 0 Å². The molecule has 0 spiro atoms. The van der Waals surface area contributed by atoms with E-state index in [9.17, 15) is 0 Å². The SMILES string of the molecule is Cc1c(CN2CCC[C@@H]2c2ccn[nH]2)cnn1C. The van der Waals surface area contributed by atoms with E-state index in [1.807, 2.05) is 24.1 Å². The van der Waals surface area contributed by atoms with E-state index in [0.29, 0.717) is 6.04 Å². The van der Waals surface area contributed by atoms with Crippen LogP contribution in [0, 0.1) is 6.92 Å². The third kappa shape index (κ3) is 1.95. The van der Waals surface area contributed by atoms with Crippen LogP contribution in [0.15, 0.2) is 18.5 Å². The molecule has 0 amide bonds. The summed E-state index contributed by atoms with van der Waals surface area (Å²) in [5, 5.41) is 11.5. The lowest BCUT2D eigenvalue weighted by molar-refractivity contribution is 0.244. The van der Waals surface area contributed by atoms with E-state index in [2.05, 4.69) is 33.2 Å². The smallest absolute Gasteiger partial charge is 0.0537 e. The van der Waals surface area contributed by atoms with Crippen LogP contribution < -0.4 is 0 Å². The Bertz CT molecular complexity index is 513. The molecule has 0 radical (unpaired) electrons. The number of aromatic amines is 1. The highest BCUT2D eigenvalue weighted by molar-refractivity contribution is 5.17. The first kappa shape index (κ1) is 11.5. The van der Waals surface area contributed by atoms with Gasteiger partial charge in [0, 0.05) is 31.0 Å². The second-order valence-electron chi connectivity index (χ2n) is 5.02. The maximum atomic E-state index is 4.32. The van der Waals surface area contributed by atoms with E-state index in [4.69, 9.17) is 0 Å². The van der Waals surface area contributed by atoms with Crippen LogP contribution in [0.25, 0.3) is 0 Å². The third-order valence-electron chi connectivity index (χ3n) is 3.96. The Labute approximate surface area is 107 Å². The average molecular weight is 245 g/mol. The van der Waals surface area contributed by atoms with Gasteiger partial charge in [-0.25, -0.2) is 0 Å². The van der Waals surface area contributed by atoms with Crippen molar-refractivity contribution >= 4 is 0 Å². The van der Waals surface area contributed by atoms with Gasteiger partial charge in [0.05, 0.1) is 17.9 Å². The van der Waals surface area contributed by atoms with Crippen LogP contribution in [0.3, 0.4) is 0 Å². The molecular weight excluding hydrogens is 226 g/mol. The zero-order valence-electron chi connectivity index (χ0n) is 10.9. The lowest BCUT2D eigenvalue weighted by Crippen LogP contribution is -2.23. The van der Waals surface area contributed by atoms with Gasteiger partial charge in [0.2, 0.25) is 0 Å². The summed E-state index contributed by atoms with van der Waals surface area (Å²) in [5.41, 5.74) is 3.81. The lowest BCUT2D eigenvalue weighted by atomic mass is 10.1. The standard InChI is InChI=1S/C13H19N5/c1-10-11(8-15-17(10)2)9-18-7-3-4-13(18)12-5-6-14-16-12/h5-6,8,13H,3-4,7,9H2,1-2H3,(H,14,16)/t13-/m1/s1. The highest BCUT2D eigenvalue weighted by Gasteiger charge is 2.27. The van der Waals surface area contributed by atoms with E-state index >= 15 is 0 Å². The summed E-state index contributed by atoms with van der Waals surface area (Å²) in [7, 11) is 2.00.